The van der Waals surface area contributed by atoms with Crippen molar-refractivity contribution in [1.82, 2.24) is 9.97 Å². The van der Waals surface area contributed by atoms with Gasteiger partial charge in [-0.1, -0.05) is 0 Å². The molecule has 0 aromatic carbocycles. The molecule has 0 bridgehead atoms. The maximum atomic E-state index is 4.30. The molecule has 2 aromatic rings. The van der Waals surface area contributed by atoms with E-state index in [1.165, 1.54) is 10.4 Å². The Morgan fingerprint density at radius 2 is 2.19 bits per heavy atom. The average molecular weight is 298 g/mol. The molecule has 0 unspecified atom stereocenters. The third-order valence-corrected chi connectivity index (χ3v) is 4.07. The van der Waals surface area contributed by atoms with Crippen LogP contribution in [-0.4, -0.2) is 9.97 Å². The number of nitrogens with zero attached hydrogens (tertiary/aromatic N) is 2. The van der Waals surface area contributed by atoms with Gasteiger partial charge in [0, 0.05) is 17.3 Å². The highest BCUT2D eigenvalue weighted by Gasteiger charge is 2.04. The van der Waals surface area contributed by atoms with Gasteiger partial charge in [-0.05, 0) is 41.4 Å². The van der Waals surface area contributed by atoms with Crippen LogP contribution < -0.4 is 5.32 Å². The molecule has 0 fully saturated rings. The Balaban J connectivity index is 2.07. The molecule has 0 saturated heterocycles. The smallest absolute Gasteiger partial charge is 0.140 e. The summed E-state index contributed by atoms with van der Waals surface area (Å²) in [7, 11) is 0. The number of aromatic nitrogens is 2. The summed E-state index contributed by atoms with van der Waals surface area (Å²) in [5, 5.41) is 4.35. The summed E-state index contributed by atoms with van der Waals surface area (Å²) in [5.41, 5.74) is 1.17. The molecule has 0 atom stereocenters. The topological polar surface area (TPSA) is 37.8 Å². The zero-order chi connectivity index (χ0) is 11.5. The lowest BCUT2D eigenvalue weighted by molar-refractivity contribution is 1.07. The van der Waals surface area contributed by atoms with Crippen LogP contribution in [0, 0.1) is 13.8 Å². The van der Waals surface area contributed by atoms with Crippen molar-refractivity contribution < 1.29 is 0 Å². The number of anilines is 1. The van der Waals surface area contributed by atoms with Gasteiger partial charge in [0.15, 0.2) is 0 Å². The van der Waals surface area contributed by atoms with Gasteiger partial charge in [0.1, 0.15) is 10.8 Å². The summed E-state index contributed by atoms with van der Waals surface area (Å²) in [6.07, 6.45) is 3.69. The SMILES string of the molecule is Cc1cnc(CNc2nccc(C)c2Br)s1. The Labute approximate surface area is 107 Å². The van der Waals surface area contributed by atoms with Crippen LogP contribution in [0.3, 0.4) is 0 Å². The first-order chi connectivity index (χ1) is 7.66. The summed E-state index contributed by atoms with van der Waals surface area (Å²) in [5.74, 6) is 0.868. The third kappa shape index (κ3) is 2.59. The first-order valence-electron chi connectivity index (χ1n) is 4.93. The molecule has 2 aromatic heterocycles. The monoisotopic (exact) mass is 297 g/mol. The van der Waals surface area contributed by atoms with E-state index in [2.05, 4.69) is 38.1 Å². The molecule has 84 valence electrons. The first-order valence-corrected chi connectivity index (χ1v) is 6.54. The van der Waals surface area contributed by atoms with Crippen molar-refractivity contribution in [2.24, 2.45) is 0 Å². The van der Waals surface area contributed by atoms with Gasteiger partial charge in [0.25, 0.3) is 0 Å². The lowest BCUT2D eigenvalue weighted by Crippen LogP contribution is -2.02. The highest BCUT2D eigenvalue weighted by molar-refractivity contribution is 9.10. The van der Waals surface area contributed by atoms with E-state index in [4.69, 9.17) is 0 Å². The van der Waals surface area contributed by atoms with E-state index < -0.39 is 0 Å². The fraction of sp³-hybridized carbons (Fsp3) is 0.273. The van der Waals surface area contributed by atoms with Crippen LogP contribution >= 0.6 is 27.3 Å². The van der Waals surface area contributed by atoms with Gasteiger partial charge >= 0.3 is 0 Å². The molecule has 0 radical (unpaired) electrons. The molecule has 2 rings (SSSR count). The van der Waals surface area contributed by atoms with Crippen molar-refractivity contribution in [3.8, 4) is 0 Å². The first kappa shape index (κ1) is 11.5. The number of hydrogen-bond acceptors (Lipinski definition) is 4. The summed E-state index contributed by atoms with van der Waals surface area (Å²) >= 11 is 5.22. The molecule has 0 aliphatic rings. The summed E-state index contributed by atoms with van der Waals surface area (Å²) in [6.45, 7) is 4.82. The van der Waals surface area contributed by atoms with Crippen molar-refractivity contribution in [1.29, 1.82) is 0 Å². The molecular weight excluding hydrogens is 286 g/mol. The van der Waals surface area contributed by atoms with E-state index in [0.29, 0.717) is 6.54 Å². The number of hydrogen-bond donors (Lipinski definition) is 1. The molecule has 1 N–H and O–H groups in total. The van der Waals surface area contributed by atoms with Crippen molar-refractivity contribution in [3.63, 3.8) is 0 Å². The largest absolute Gasteiger partial charge is 0.363 e. The Hall–Kier alpha value is -0.940. The number of nitrogens with one attached hydrogen (secondary N) is 1. The standard InChI is InChI=1S/C11H12BrN3S/c1-7-3-4-13-11(10(7)12)15-6-9-14-5-8(2)16-9/h3-5H,6H2,1-2H3,(H,13,15). The van der Waals surface area contributed by atoms with E-state index in [1.807, 2.05) is 19.2 Å². The number of pyridine rings is 1. The van der Waals surface area contributed by atoms with Crippen molar-refractivity contribution in [2.75, 3.05) is 5.32 Å². The molecule has 0 aliphatic carbocycles. The zero-order valence-electron chi connectivity index (χ0n) is 9.12. The van der Waals surface area contributed by atoms with Crippen LogP contribution in [-0.2, 0) is 6.54 Å². The predicted molar refractivity (Wildman–Crippen MR) is 70.9 cm³/mol. The fourth-order valence-corrected chi connectivity index (χ4v) is 2.41. The molecule has 0 spiro atoms. The minimum absolute atomic E-state index is 0.716. The van der Waals surface area contributed by atoms with Crippen LogP contribution in [0.15, 0.2) is 22.9 Å². The quantitative estimate of drug-likeness (QED) is 0.942. The van der Waals surface area contributed by atoms with Crippen molar-refractivity contribution in [2.45, 2.75) is 20.4 Å². The van der Waals surface area contributed by atoms with Gasteiger partial charge in [-0.25, -0.2) is 9.97 Å². The second-order valence-corrected chi connectivity index (χ2v) is 5.62. The van der Waals surface area contributed by atoms with E-state index >= 15 is 0 Å². The summed E-state index contributed by atoms with van der Waals surface area (Å²) in [6, 6.07) is 1.98. The van der Waals surface area contributed by atoms with Crippen LogP contribution in [0.2, 0.25) is 0 Å². The van der Waals surface area contributed by atoms with Crippen molar-refractivity contribution in [3.05, 3.63) is 38.4 Å². The average Bonchev–Trinajstić information content (AvgIpc) is 2.67. The summed E-state index contributed by atoms with van der Waals surface area (Å²) < 4.78 is 1.02. The van der Waals surface area contributed by atoms with Gasteiger partial charge in [-0.3, -0.25) is 0 Å². The molecule has 0 saturated carbocycles. The highest BCUT2D eigenvalue weighted by atomic mass is 79.9. The second-order valence-electron chi connectivity index (χ2n) is 3.51. The minimum Gasteiger partial charge on any atom is -0.363 e. The van der Waals surface area contributed by atoms with E-state index in [-0.39, 0.29) is 0 Å². The van der Waals surface area contributed by atoms with Crippen LogP contribution in [0.1, 0.15) is 15.4 Å². The number of aryl methyl sites for hydroxylation is 2. The second kappa shape index (κ2) is 4.93. The maximum Gasteiger partial charge on any atom is 0.140 e. The molecule has 2 heterocycles. The van der Waals surface area contributed by atoms with Gasteiger partial charge in [0.2, 0.25) is 0 Å². The lowest BCUT2D eigenvalue weighted by Gasteiger charge is -2.07. The van der Waals surface area contributed by atoms with Gasteiger partial charge in [-0.2, -0.15) is 0 Å². The third-order valence-electron chi connectivity index (χ3n) is 2.16. The van der Waals surface area contributed by atoms with Gasteiger partial charge < -0.3 is 5.32 Å². The number of thiazole rings is 1. The zero-order valence-corrected chi connectivity index (χ0v) is 11.5. The number of rotatable bonds is 3. The van der Waals surface area contributed by atoms with Crippen LogP contribution in [0.4, 0.5) is 5.82 Å². The van der Waals surface area contributed by atoms with Gasteiger partial charge in [-0.15, -0.1) is 11.3 Å². The molecule has 0 aliphatic heterocycles. The minimum atomic E-state index is 0.716. The Morgan fingerprint density at radius 1 is 1.38 bits per heavy atom. The van der Waals surface area contributed by atoms with E-state index in [0.717, 1.165) is 15.3 Å². The molecule has 0 amide bonds. The Morgan fingerprint density at radius 3 is 2.88 bits per heavy atom. The molecule has 16 heavy (non-hydrogen) atoms. The van der Waals surface area contributed by atoms with Gasteiger partial charge in [0.05, 0.1) is 11.0 Å². The molecular formula is C11H12BrN3S. The van der Waals surface area contributed by atoms with E-state index in [1.54, 1.807) is 17.5 Å². The summed E-state index contributed by atoms with van der Waals surface area (Å²) in [4.78, 5) is 9.81. The Bertz CT molecular complexity index is 496. The van der Waals surface area contributed by atoms with E-state index in [9.17, 15) is 0 Å². The molecule has 3 nitrogen and oxygen atoms in total. The maximum absolute atomic E-state index is 4.30. The Kier molecular flexibility index (Phi) is 3.56. The normalized spacial score (nSPS) is 10.4. The fourth-order valence-electron chi connectivity index (χ4n) is 1.31. The number of halogens is 1. The highest BCUT2D eigenvalue weighted by Crippen LogP contribution is 2.24. The van der Waals surface area contributed by atoms with Crippen LogP contribution in [0.5, 0.6) is 0 Å². The van der Waals surface area contributed by atoms with Crippen molar-refractivity contribution >= 4 is 33.1 Å². The van der Waals surface area contributed by atoms with Crippen LogP contribution in [0.25, 0.3) is 0 Å². The molecule has 5 heteroatoms. The lowest BCUT2D eigenvalue weighted by atomic mass is 10.3. The predicted octanol–water partition coefficient (Wildman–Crippen LogP) is 3.53.